The number of benzene rings is 2. The third-order valence-electron chi connectivity index (χ3n) is 5.56. The maximum absolute atomic E-state index is 6.27. The molecule has 1 atom stereocenters. The van der Waals surface area contributed by atoms with Gasteiger partial charge in [0.1, 0.15) is 24.2 Å². The third kappa shape index (κ3) is 4.59. The van der Waals surface area contributed by atoms with Crippen molar-refractivity contribution in [3.8, 4) is 11.5 Å². The number of hydrogen-bond acceptors (Lipinski definition) is 3. The van der Waals surface area contributed by atoms with Crippen LogP contribution in [0, 0.1) is 0 Å². The molecule has 1 saturated carbocycles. The monoisotopic (exact) mass is 351 g/mol. The van der Waals surface area contributed by atoms with E-state index in [2.05, 4.69) is 35.6 Å². The molecule has 0 spiro atoms. The third-order valence-corrected chi connectivity index (χ3v) is 5.56. The van der Waals surface area contributed by atoms with Crippen molar-refractivity contribution < 1.29 is 9.47 Å². The van der Waals surface area contributed by atoms with Gasteiger partial charge in [-0.3, -0.25) is 0 Å². The van der Waals surface area contributed by atoms with Crippen molar-refractivity contribution in [2.24, 2.45) is 0 Å². The fourth-order valence-corrected chi connectivity index (χ4v) is 3.99. The van der Waals surface area contributed by atoms with Crippen LogP contribution >= 0.6 is 0 Å². The molecule has 2 aromatic rings. The molecule has 2 aliphatic rings. The van der Waals surface area contributed by atoms with Crippen LogP contribution < -0.4 is 14.8 Å². The molecule has 3 heteroatoms. The molecule has 0 saturated heterocycles. The molecule has 1 heterocycles. The SMILES string of the molecule is c1ccc(COc2ccc3c(c2)OC(CNC2CCCCC2)CC3)cc1. The maximum Gasteiger partial charge on any atom is 0.126 e. The standard InChI is InChI=1S/C23H29NO2/c1-3-7-18(8-4-1)17-25-21-13-11-19-12-14-22(26-23(19)15-21)16-24-20-9-5-2-6-10-20/h1,3-4,7-8,11,13,15,20,22,24H,2,5-6,9-10,12,14,16-17H2. The van der Waals surface area contributed by atoms with Crippen molar-refractivity contribution in [3.05, 3.63) is 59.7 Å². The zero-order chi connectivity index (χ0) is 17.6. The second kappa shape index (κ2) is 8.59. The minimum Gasteiger partial charge on any atom is -0.489 e. The number of hydrogen-bond donors (Lipinski definition) is 1. The zero-order valence-corrected chi connectivity index (χ0v) is 15.5. The zero-order valence-electron chi connectivity index (χ0n) is 15.5. The van der Waals surface area contributed by atoms with Crippen LogP contribution in [-0.2, 0) is 13.0 Å². The van der Waals surface area contributed by atoms with Crippen LogP contribution in [0.4, 0.5) is 0 Å². The summed E-state index contributed by atoms with van der Waals surface area (Å²) in [6.07, 6.45) is 9.23. The second-order valence-corrected chi connectivity index (χ2v) is 7.57. The van der Waals surface area contributed by atoms with Crippen molar-refractivity contribution in [1.82, 2.24) is 5.32 Å². The van der Waals surface area contributed by atoms with Crippen LogP contribution in [-0.4, -0.2) is 18.7 Å². The Morgan fingerprint density at radius 1 is 0.962 bits per heavy atom. The molecule has 0 radical (unpaired) electrons. The summed E-state index contributed by atoms with van der Waals surface area (Å²) in [5.74, 6) is 1.88. The molecule has 1 unspecified atom stereocenters. The lowest BCUT2D eigenvalue weighted by atomic mass is 9.95. The minimum atomic E-state index is 0.272. The average molecular weight is 351 g/mol. The summed E-state index contributed by atoms with van der Waals surface area (Å²) >= 11 is 0. The molecule has 1 aliphatic carbocycles. The summed E-state index contributed by atoms with van der Waals surface area (Å²) in [7, 11) is 0. The van der Waals surface area contributed by atoms with Gasteiger partial charge in [-0.15, -0.1) is 0 Å². The van der Waals surface area contributed by atoms with Gasteiger partial charge < -0.3 is 14.8 Å². The quantitative estimate of drug-likeness (QED) is 0.804. The molecule has 1 aliphatic heterocycles. The van der Waals surface area contributed by atoms with Gasteiger partial charge in [0.25, 0.3) is 0 Å². The fraction of sp³-hybridized carbons (Fsp3) is 0.478. The largest absolute Gasteiger partial charge is 0.489 e. The van der Waals surface area contributed by atoms with Gasteiger partial charge in [-0.25, -0.2) is 0 Å². The van der Waals surface area contributed by atoms with E-state index in [0.717, 1.165) is 30.9 Å². The van der Waals surface area contributed by atoms with E-state index in [4.69, 9.17) is 9.47 Å². The van der Waals surface area contributed by atoms with E-state index in [1.807, 2.05) is 18.2 Å². The van der Waals surface area contributed by atoms with Gasteiger partial charge in [-0.05, 0) is 42.9 Å². The predicted molar refractivity (Wildman–Crippen MR) is 105 cm³/mol. The van der Waals surface area contributed by atoms with Crippen LogP contribution in [0.15, 0.2) is 48.5 Å². The highest BCUT2D eigenvalue weighted by molar-refractivity contribution is 5.42. The molecule has 3 nitrogen and oxygen atoms in total. The molecular formula is C23H29NO2. The van der Waals surface area contributed by atoms with Gasteiger partial charge in [0.15, 0.2) is 0 Å². The van der Waals surface area contributed by atoms with Crippen molar-refractivity contribution in [2.45, 2.75) is 63.7 Å². The Bertz CT molecular complexity index is 695. The van der Waals surface area contributed by atoms with E-state index in [1.165, 1.54) is 43.2 Å². The lowest BCUT2D eigenvalue weighted by Crippen LogP contribution is -2.40. The van der Waals surface area contributed by atoms with Crippen LogP contribution in [0.25, 0.3) is 0 Å². The van der Waals surface area contributed by atoms with E-state index in [0.29, 0.717) is 12.6 Å². The minimum absolute atomic E-state index is 0.272. The number of aryl methyl sites for hydroxylation is 1. The number of rotatable bonds is 6. The van der Waals surface area contributed by atoms with Gasteiger partial charge in [0.2, 0.25) is 0 Å². The summed E-state index contributed by atoms with van der Waals surface area (Å²) in [6, 6.07) is 17.2. The van der Waals surface area contributed by atoms with E-state index < -0.39 is 0 Å². The summed E-state index contributed by atoms with van der Waals surface area (Å²) in [6.45, 7) is 1.55. The fourth-order valence-electron chi connectivity index (χ4n) is 3.99. The first-order valence-electron chi connectivity index (χ1n) is 10.1. The topological polar surface area (TPSA) is 30.5 Å². The van der Waals surface area contributed by atoms with Gasteiger partial charge in [0, 0.05) is 18.7 Å². The highest BCUT2D eigenvalue weighted by Crippen LogP contribution is 2.31. The first kappa shape index (κ1) is 17.4. The molecule has 2 aromatic carbocycles. The molecular weight excluding hydrogens is 322 g/mol. The lowest BCUT2D eigenvalue weighted by molar-refractivity contribution is 0.161. The molecule has 138 valence electrons. The smallest absolute Gasteiger partial charge is 0.126 e. The van der Waals surface area contributed by atoms with Crippen LogP contribution in [0.1, 0.15) is 49.7 Å². The Morgan fingerprint density at radius 3 is 2.65 bits per heavy atom. The Balaban J connectivity index is 1.32. The Kier molecular flexibility index (Phi) is 5.75. The molecule has 1 N–H and O–H groups in total. The van der Waals surface area contributed by atoms with E-state index in [-0.39, 0.29) is 6.10 Å². The Hall–Kier alpha value is -2.00. The highest BCUT2D eigenvalue weighted by Gasteiger charge is 2.22. The molecule has 1 fully saturated rings. The van der Waals surface area contributed by atoms with Crippen LogP contribution in [0.5, 0.6) is 11.5 Å². The number of nitrogens with one attached hydrogen (secondary N) is 1. The molecule has 26 heavy (non-hydrogen) atoms. The maximum atomic E-state index is 6.27. The van der Waals surface area contributed by atoms with Crippen molar-refractivity contribution in [1.29, 1.82) is 0 Å². The summed E-state index contributed by atoms with van der Waals surface area (Å²) < 4.78 is 12.2. The molecule has 0 amide bonds. The molecule has 0 bridgehead atoms. The Labute approximate surface area is 156 Å². The summed E-state index contributed by atoms with van der Waals surface area (Å²) in [5.41, 5.74) is 2.48. The Morgan fingerprint density at radius 2 is 1.81 bits per heavy atom. The van der Waals surface area contributed by atoms with Gasteiger partial charge in [-0.2, -0.15) is 0 Å². The summed E-state index contributed by atoms with van der Waals surface area (Å²) in [5, 5.41) is 3.73. The first-order chi connectivity index (χ1) is 12.9. The lowest BCUT2D eigenvalue weighted by Gasteiger charge is -2.29. The van der Waals surface area contributed by atoms with Crippen molar-refractivity contribution >= 4 is 0 Å². The number of fused-ring (bicyclic) bond motifs is 1. The van der Waals surface area contributed by atoms with E-state index in [9.17, 15) is 0 Å². The summed E-state index contributed by atoms with van der Waals surface area (Å²) in [4.78, 5) is 0. The van der Waals surface area contributed by atoms with Crippen molar-refractivity contribution in [3.63, 3.8) is 0 Å². The van der Waals surface area contributed by atoms with Gasteiger partial charge >= 0.3 is 0 Å². The van der Waals surface area contributed by atoms with Crippen LogP contribution in [0.2, 0.25) is 0 Å². The second-order valence-electron chi connectivity index (χ2n) is 7.57. The normalized spacial score (nSPS) is 20.2. The van der Waals surface area contributed by atoms with Crippen LogP contribution in [0.3, 0.4) is 0 Å². The van der Waals surface area contributed by atoms with Gasteiger partial charge in [-0.1, -0.05) is 55.7 Å². The first-order valence-corrected chi connectivity index (χ1v) is 10.1. The predicted octanol–water partition coefficient (Wildman–Crippen LogP) is 4.88. The van der Waals surface area contributed by atoms with E-state index >= 15 is 0 Å². The van der Waals surface area contributed by atoms with E-state index in [1.54, 1.807) is 0 Å². The average Bonchev–Trinajstić information content (AvgIpc) is 2.72. The van der Waals surface area contributed by atoms with Gasteiger partial charge in [0.05, 0.1) is 0 Å². The molecule has 0 aromatic heterocycles. The number of ether oxygens (including phenoxy) is 2. The highest BCUT2D eigenvalue weighted by atomic mass is 16.5. The molecule has 4 rings (SSSR count). The van der Waals surface area contributed by atoms with Crippen molar-refractivity contribution in [2.75, 3.05) is 6.54 Å².